The second-order valence-electron chi connectivity index (χ2n) is 5.33. The van der Waals surface area contributed by atoms with Crippen LogP contribution in [-0.4, -0.2) is 16.3 Å². The molecule has 1 aliphatic carbocycles. The van der Waals surface area contributed by atoms with E-state index in [1.165, 1.54) is 43.5 Å². The van der Waals surface area contributed by atoms with Crippen molar-refractivity contribution in [2.24, 2.45) is 0 Å². The first kappa shape index (κ1) is 14.3. The molecule has 0 saturated carbocycles. The van der Waals surface area contributed by atoms with Gasteiger partial charge in [-0.05, 0) is 58.1 Å². The first-order chi connectivity index (χ1) is 9.33. The lowest BCUT2D eigenvalue weighted by atomic mass is 9.97. The summed E-state index contributed by atoms with van der Waals surface area (Å²) in [4.78, 5) is 0. The fourth-order valence-electron chi connectivity index (χ4n) is 2.70. The maximum absolute atomic E-state index is 4.58. The van der Waals surface area contributed by atoms with Crippen molar-refractivity contribution in [1.82, 2.24) is 15.1 Å². The quantitative estimate of drug-likeness (QED) is 0.602. The highest BCUT2D eigenvalue weighted by Crippen LogP contribution is 2.19. The van der Waals surface area contributed by atoms with E-state index in [0.717, 1.165) is 26.1 Å². The van der Waals surface area contributed by atoms with E-state index < -0.39 is 0 Å². The van der Waals surface area contributed by atoms with Crippen molar-refractivity contribution in [2.75, 3.05) is 6.54 Å². The molecule has 3 heteroatoms. The van der Waals surface area contributed by atoms with Gasteiger partial charge in [0, 0.05) is 13.1 Å². The molecule has 1 aromatic rings. The van der Waals surface area contributed by atoms with Gasteiger partial charge in [-0.2, -0.15) is 5.10 Å². The Hall–Kier alpha value is -1.09. The van der Waals surface area contributed by atoms with Crippen molar-refractivity contribution < 1.29 is 0 Å². The zero-order chi connectivity index (χ0) is 13.5. The van der Waals surface area contributed by atoms with E-state index >= 15 is 0 Å². The molecule has 1 heterocycles. The number of nitrogens with one attached hydrogen (secondary N) is 1. The molecule has 0 fully saturated rings. The number of nitrogens with zero attached hydrogens (tertiary/aromatic N) is 2. The molecule has 3 nitrogen and oxygen atoms in total. The Bertz CT molecular complexity index is 418. The van der Waals surface area contributed by atoms with Crippen LogP contribution in [0.4, 0.5) is 0 Å². The molecule has 1 N–H and O–H groups in total. The highest BCUT2D eigenvalue weighted by atomic mass is 15.3. The van der Waals surface area contributed by atoms with Crippen LogP contribution in [0.5, 0.6) is 0 Å². The highest BCUT2D eigenvalue weighted by Gasteiger charge is 2.06. The number of aromatic nitrogens is 2. The lowest BCUT2D eigenvalue weighted by Crippen LogP contribution is -2.18. The van der Waals surface area contributed by atoms with Crippen LogP contribution in [0.1, 0.15) is 57.3 Å². The largest absolute Gasteiger partial charge is 0.311 e. The minimum absolute atomic E-state index is 0.939. The number of hydrogen-bond acceptors (Lipinski definition) is 2. The Kier molecular flexibility index (Phi) is 5.64. The topological polar surface area (TPSA) is 29.9 Å². The predicted octanol–water partition coefficient (Wildman–Crippen LogP) is 3.45. The third kappa shape index (κ3) is 4.20. The lowest BCUT2D eigenvalue weighted by molar-refractivity contribution is 0.572. The minimum Gasteiger partial charge on any atom is -0.311 e. The molecule has 0 saturated heterocycles. The standard InChI is InChI=1S/C16H27N3/c1-3-15-12-16(19(4-2)18-15)13-17-11-10-14-8-6-5-7-9-14/h8,12,17H,3-7,9-11,13H2,1-2H3. The normalized spacial score (nSPS) is 15.6. The Morgan fingerprint density at radius 3 is 2.89 bits per heavy atom. The van der Waals surface area contributed by atoms with Gasteiger partial charge in [0.05, 0.1) is 11.4 Å². The zero-order valence-corrected chi connectivity index (χ0v) is 12.4. The van der Waals surface area contributed by atoms with Gasteiger partial charge >= 0.3 is 0 Å². The van der Waals surface area contributed by atoms with E-state index in [4.69, 9.17) is 0 Å². The third-order valence-electron chi connectivity index (χ3n) is 3.89. The van der Waals surface area contributed by atoms with Gasteiger partial charge in [0.2, 0.25) is 0 Å². The molecular weight excluding hydrogens is 234 g/mol. The van der Waals surface area contributed by atoms with Crippen molar-refractivity contribution in [1.29, 1.82) is 0 Å². The van der Waals surface area contributed by atoms with Crippen molar-refractivity contribution in [3.05, 3.63) is 29.1 Å². The number of allylic oxidation sites excluding steroid dienone is 1. The van der Waals surface area contributed by atoms with Crippen molar-refractivity contribution >= 4 is 0 Å². The molecule has 0 radical (unpaired) electrons. The maximum atomic E-state index is 4.58. The first-order valence-electron chi connectivity index (χ1n) is 7.77. The fraction of sp³-hybridized carbons (Fsp3) is 0.688. The summed E-state index contributed by atoms with van der Waals surface area (Å²) in [6.45, 7) is 7.30. The third-order valence-corrected chi connectivity index (χ3v) is 3.89. The molecule has 0 bridgehead atoms. The van der Waals surface area contributed by atoms with Crippen LogP contribution in [0.3, 0.4) is 0 Å². The monoisotopic (exact) mass is 261 g/mol. The highest BCUT2D eigenvalue weighted by molar-refractivity contribution is 5.10. The predicted molar refractivity (Wildman–Crippen MR) is 80.2 cm³/mol. The average molecular weight is 261 g/mol. The molecule has 106 valence electrons. The van der Waals surface area contributed by atoms with E-state index in [1.807, 2.05) is 0 Å². The second-order valence-corrected chi connectivity index (χ2v) is 5.33. The van der Waals surface area contributed by atoms with Crippen molar-refractivity contribution in [2.45, 2.75) is 65.5 Å². The van der Waals surface area contributed by atoms with E-state index in [9.17, 15) is 0 Å². The molecule has 0 aromatic carbocycles. The van der Waals surface area contributed by atoms with Crippen molar-refractivity contribution in [3.8, 4) is 0 Å². The van der Waals surface area contributed by atoms with E-state index in [0.29, 0.717) is 0 Å². The van der Waals surface area contributed by atoms with Gasteiger partial charge < -0.3 is 5.32 Å². The fourth-order valence-corrected chi connectivity index (χ4v) is 2.70. The molecule has 2 rings (SSSR count). The first-order valence-corrected chi connectivity index (χ1v) is 7.77. The summed E-state index contributed by atoms with van der Waals surface area (Å²) in [6, 6.07) is 2.23. The van der Waals surface area contributed by atoms with Crippen LogP contribution in [0.2, 0.25) is 0 Å². The van der Waals surface area contributed by atoms with Gasteiger partial charge in [-0.3, -0.25) is 4.68 Å². The zero-order valence-electron chi connectivity index (χ0n) is 12.4. The van der Waals surface area contributed by atoms with E-state index in [-0.39, 0.29) is 0 Å². The SMILES string of the molecule is CCc1cc(CNCCC2=CCCCC2)n(CC)n1. The molecule has 0 aliphatic heterocycles. The van der Waals surface area contributed by atoms with Gasteiger partial charge in [0.25, 0.3) is 0 Å². The maximum Gasteiger partial charge on any atom is 0.0625 e. The van der Waals surface area contributed by atoms with Gasteiger partial charge in [-0.15, -0.1) is 0 Å². The van der Waals surface area contributed by atoms with Crippen LogP contribution in [0.15, 0.2) is 17.7 Å². The molecule has 0 atom stereocenters. The van der Waals surface area contributed by atoms with Crippen LogP contribution in [0.25, 0.3) is 0 Å². The summed E-state index contributed by atoms with van der Waals surface area (Å²) in [7, 11) is 0. The molecule has 1 aromatic heterocycles. The Morgan fingerprint density at radius 1 is 1.32 bits per heavy atom. The molecule has 19 heavy (non-hydrogen) atoms. The summed E-state index contributed by atoms with van der Waals surface area (Å²) >= 11 is 0. The van der Waals surface area contributed by atoms with Crippen LogP contribution >= 0.6 is 0 Å². The molecule has 1 aliphatic rings. The van der Waals surface area contributed by atoms with Gasteiger partial charge in [0.1, 0.15) is 0 Å². The van der Waals surface area contributed by atoms with Crippen LogP contribution in [-0.2, 0) is 19.5 Å². The summed E-state index contributed by atoms with van der Waals surface area (Å²) < 4.78 is 2.12. The molecule has 0 unspecified atom stereocenters. The van der Waals surface area contributed by atoms with Gasteiger partial charge in [0.15, 0.2) is 0 Å². The Balaban J connectivity index is 1.75. The second kappa shape index (κ2) is 7.49. The average Bonchev–Trinajstić information content (AvgIpc) is 2.87. The summed E-state index contributed by atoms with van der Waals surface area (Å²) in [5, 5.41) is 8.14. The molecule has 0 spiro atoms. The van der Waals surface area contributed by atoms with Crippen LogP contribution in [0, 0.1) is 0 Å². The van der Waals surface area contributed by atoms with Gasteiger partial charge in [-0.1, -0.05) is 18.6 Å². The van der Waals surface area contributed by atoms with Crippen LogP contribution < -0.4 is 5.32 Å². The van der Waals surface area contributed by atoms with Gasteiger partial charge in [-0.25, -0.2) is 0 Å². The Labute approximate surface area is 117 Å². The van der Waals surface area contributed by atoms with E-state index in [1.54, 1.807) is 5.57 Å². The summed E-state index contributed by atoms with van der Waals surface area (Å²) in [5.74, 6) is 0. The number of hydrogen-bond donors (Lipinski definition) is 1. The summed E-state index contributed by atoms with van der Waals surface area (Å²) in [5.41, 5.74) is 4.17. The van der Waals surface area contributed by atoms with Crippen molar-refractivity contribution in [3.63, 3.8) is 0 Å². The van der Waals surface area contributed by atoms with E-state index in [2.05, 4.69) is 41.1 Å². The smallest absolute Gasteiger partial charge is 0.0625 e. The number of rotatable bonds is 7. The summed E-state index contributed by atoms with van der Waals surface area (Å²) in [6.07, 6.45) is 10.0. The number of aryl methyl sites for hydroxylation is 2. The molecular formula is C16H27N3. The lowest BCUT2D eigenvalue weighted by Gasteiger charge is -2.13. The Morgan fingerprint density at radius 2 is 2.21 bits per heavy atom. The minimum atomic E-state index is 0.939. The molecule has 0 amide bonds.